The number of nitrogens with two attached hydrogens (primary N) is 1. The number of anilines is 1. The van der Waals surface area contributed by atoms with Crippen LogP contribution in [-0.4, -0.2) is 11.9 Å². The third-order valence-corrected chi connectivity index (χ3v) is 2.24. The maximum Gasteiger partial charge on any atom is 0.225 e. The van der Waals surface area contributed by atoms with Crippen LogP contribution in [0.25, 0.3) is 0 Å². The van der Waals surface area contributed by atoms with Crippen LogP contribution in [0.1, 0.15) is 26.2 Å². The molecule has 1 aromatic rings. The first-order valence-electron chi connectivity index (χ1n) is 5.42. The fraction of sp³-hybridized carbons (Fsp3) is 0.417. The van der Waals surface area contributed by atoms with E-state index in [9.17, 15) is 9.18 Å². The Labute approximate surface area is 94.8 Å². The third kappa shape index (κ3) is 4.40. The Bertz CT molecular complexity index is 337. The van der Waals surface area contributed by atoms with Crippen molar-refractivity contribution in [1.29, 1.82) is 0 Å². The monoisotopic (exact) mass is 224 g/mol. The summed E-state index contributed by atoms with van der Waals surface area (Å²) in [5.74, 6) is -0.451. The van der Waals surface area contributed by atoms with Gasteiger partial charge in [0.05, 0.1) is 0 Å². The van der Waals surface area contributed by atoms with E-state index in [1.54, 1.807) is 0 Å². The SMILES string of the molecule is CCCC(N)CC(=O)Nc1ccc(F)cc1. The lowest BCUT2D eigenvalue weighted by atomic mass is 10.1. The molecule has 3 N–H and O–H groups in total. The maximum absolute atomic E-state index is 12.6. The molecule has 0 aliphatic rings. The largest absolute Gasteiger partial charge is 0.327 e. The van der Waals surface area contributed by atoms with Gasteiger partial charge in [0.1, 0.15) is 5.82 Å². The molecule has 16 heavy (non-hydrogen) atoms. The van der Waals surface area contributed by atoms with Gasteiger partial charge in [0.2, 0.25) is 5.91 Å². The summed E-state index contributed by atoms with van der Waals surface area (Å²) in [6.07, 6.45) is 2.09. The van der Waals surface area contributed by atoms with E-state index in [4.69, 9.17) is 5.73 Å². The number of amides is 1. The highest BCUT2D eigenvalue weighted by molar-refractivity contribution is 5.91. The Balaban J connectivity index is 2.42. The molecule has 1 unspecified atom stereocenters. The molecule has 0 bridgehead atoms. The first-order valence-corrected chi connectivity index (χ1v) is 5.42. The molecule has 1 amide bonds. The predicted octanol–water partition coefficient (Wildman–Crippen LogP) is 2.28. The van der Waals surface area contributed by atoms with Gasteiger partial charge in [0.15, 0.2) is 0 Å². The molecule has 0 fully saturated rings. The van der Waals surface area contributed by atoms with E-state index < -0.39 is 0 Å². The summed E-state index contributed by atoms with van der Waals surface area (Å²) in [7, 11) is 0. The second-order valence-corrected chi connectivity index (χ2v) is 3.81. The van der Waals surface area contributed by atoms with Crippen molar-refractivity contribution in [3.63, 3.8) is 0 Å². The van der Waals surface area contributed by atoms with Crippen molar-refractivity contribution in [2.45, 2.75) is 32.2 Å². The summed E-state index contributed by atoms with van der Waals surface area (Å²) in [6, 6.07) is 5.56. The molecule has 0 radical (unpaired) electrons. The normalized spacial score (nSPS) is 12.2. The van der Waals surface area contributed by atoms with Crippen molar-refractivity contribution in [3.8, 4) is 0 Å². The van der Waals surface area contributed by atoms with Crippen molar-refractivity contribution >= 4 is 11.6 Å². The van der Waals surface area contributed by atoms with Gasteiger partial charge in [-0.05, 0) is 30.7 Å². The Morgan fingerprint density at radius 3 is 2.62 bits per heavy atom. The molecule has 1 rings (SSSR count). The molecular weight excluding hydrogens is 207 g/mol. The zero-order valence-corrected chi connectivity index (χ0v) is 9.37. The lowest BCUT2D eigenvalue weighted by Crippen LogP contribution is -2.26. The van der Waals surface area contributed by atoms with Crippen molar-refractivity contribution in [3.05, 3.63) is 30.1 Å². The summed E-state index contributed by atoms with van der Waals surface area (Å²) < 4.78 is 12.6. The van der Waals surface area contributed by atoms with Gasteiger partial charge in [-0.15, -0.1) is 0 Å². The smallest absolute Gasteiger partial charge is 0.225 e. The molecule has 0 aliphatic heterocycles. The number of carbonyl (C=O) groups excluding carboxylic acids is 1. The van der Waals surface area contributed by atoms with Crippen LogP contribution in [-0.2, 0) is 4.79 Å². The van der Waals surface area contributed by atoms with Crippen molar-refractivity contribution in [1.82, 2.24) is 0 Å². The zero-order chi connectivity index (χ0) is 12.0. The lowest BCUT2D eigenvalue weighted by Gasteiger charge is -2.10. The number of rotatable bonds is 5. The van der Waals surface area contributed by atoms with Gasteiger partial charge in [-0.1, -0.05) is 13.3 Å². The molecular formula is C12H17FN2O. The highest BCUT2D eigenvalue weighted by atomic mass is 19.1. The van der Waals surface area contributed by atoms with Gasteiger partial charge in [0, 0.05) is 18.2 Å². The minimum absolute atomic E-state index is 0.106. The first-order chi connectivity index (χ1) is 7.61. The van der Waals surface area contributed by atoms with Gasteiger partial charge >= 0.3 is 0 Å². The van der Waals surface area contributed by atoms with E-state index in [1.165, 1.54) is 24.3 Å². The Morgan fingerprint density at radius 2 is 2.06 bits per heavy atom. The van der Waals surface area contributed by atoms with Crippen LogP contribution < -0.4 is 11.1 Å². The standard InChI is InChI=1S/C12H17FN2O/c1-2-3-10(14)8-12(16)15-11-6-4-9(13)5-7-11/h4-7,10H,2-3,8,14H2,1H3,(H,15,16). The van der Waals surface area contributed by atoms with Gasteiger partial charge in [-0.2, -0.15) is 0 Å². The maximum atomic E-state index is 12.6. The quantitative estimate of drug-likeness (QED) is 0.806. The molecule has 0 saturated heterocycles. The van der Waals surface area contributed by atoms with Gasteiger partial charge in [0.25, 0.3) is 0 Å². The van der Waals surface area contributed by atoms with Gasteiger partial charge in [-0.25, -0.2) is 4.39 Å². The van der Waals surface area contributed by atoms with Crippen LogP contribution >= 0.6 is 0 Å². The molecule has 4 heteroatoms. The van der Waals surface area contributed by atoms with E-state index >= 15 is 0 Å². The number of carbonyl (C=O) groups is 1. The van der Waals surface area contributed by atoms with E-state index in [1.807, 2.05) is 6.92 Å². The number of halogens is 1. The van der Waals surface area contributed by atoms with Crippen molar-refractivity contribution in [2.24, 2.45) is 5.73 Å². The van der Waals surface area contributed by atoms with E-state index in [-0.39, 0.29) is 17.8 Å². The molecule has 0 aliphatic carbocycles. The molecule has 0 aromatic heterocycles. The summed E-state index contributed by atoms with van der Waals surface area (Å²) in [5, 5.41) is 2.67. The third-order valence-electron chi connectivity index (χ3n) is 2.24. The van der Waals surface area contributed by atoms with E-state index in [0.717, 1.165) is 12.8 Å². The zero-order valence-electron chi connectivity index (χ0n) is 9.37. The number of nitrogens with one attached hydrogen (secondary N) is 1. The highest BCUT2D eigenvalue weighted by Gasteiger charge is 2.08. The molecule has 3 nitrogen and oxygen atoms in total. The molecule has 0 heterocycles. The van der Waals surface area contributed by atoms with Crippen LogP contribution in [0.15, 0.2) is 24.3 Å². The number of hydrogen-bond acceptors (Lipinski definition) is 2. The summed E-state index contributed by atoms with van der Waals surface area (Å²) in [6.45, 7) is 2.03. The molecule has 1 aromatic carbocycles. The summed E-state index contributed by atoms with van der Waals surface area (Å²) in [5.41, 5.74) is 6.33. The van der Waals surface area contributed by atoms with Gasteiger partial charge in [-0.3, -0.25) is 4.79 Å². The first kappa shape index (κ1) is 12.6. The molecule has 88 valence electrons. The lowest BCUT2D eigenvalue weighted by molar-refractivity contribution is -0.116. The summed E-state index contributed by atoms with van der Waals surface area (Å²) >= 11 is 0. The Hall–Kier alpha value is -1.42. The molecule has 0 spiro atoms. The highest BCUT2D eigenvalue weighted by Crippen LogP contribution is 2.09. The van der Waals surface area contributed by atoms with E-state index in [0.29, 0.717) is 12.1 Å². The van der Waals surface area contributed by atoms with Crippen LogP contribution in [0.5, 0.6) is 0 Å². The number of benzene rings is 1. The van der Waals surface area contributed by atoms with Gasteiger partial charge < -0.3 is 11.1 Å². The molecule has 0 saturated carbocycles. The summed E-state index contributed by atoms with van der Waals surface area (Å²) in [4.78, 5) is 11.5. The van der Waals surface area contributed by atoms with Crippen molar-refractivity contribution < 1.29 is 9.18 Å². The van der Waals surface area contributed by atoms with Crippen LogP contribution in [0.3, 0.4) is 0 Å². The Morgan fingerprint density at radius 1 is 1.44 bits per heavy atom. The Kier molecular flexibility index (Phi) is 4.92. The number of hydrogen-bond donors (Lipinski definition) is 2. The fourth-order valence-electron chi connectivity index (χ4n) is 1.46. The predicted molar refractivity (Wildman–Crippen MR) is 62.5 cm³/mol. The topological polar surface area (TPSA) is 55.1 Å². The fourth-order valence-corrected chi connectivity index (χ4v) is 1.46. The second-order valence-electron chi connectivity index (χ2n) is 3.81. The minimum Gasteiger partial charge on any atom is -0.327 e. The minimum atomic E-state index is -0.319. The van der Waals surface area contributed by atoms with Crippen LogP contribution in [0, 0.1) is 5.82 Å². The van der Waals surface area contributed by atoms with Crippen LogP contribution in [0.4, 0.5) is 10.1 Å². The average Bonchev–Trinajstić information content (AvgIpc) is 2.21. The molecule has 1 atom stereocenters. The van der Waals surface area contributed by atoms with Crippen molar-refractivity contribution in [2.75, 3.05) is 5.32 Å². The second kappa shape index (κ2) is 6.23. The average molecular weight is 224 g/mol. The van der Waals surface area contributed by atoms with Crippen LogP contribution in [0.2, 0.25) is 0 Å². The van der Waals surface area contributed by atoms with E-state index in [2.05, 4.69) is 5.32 Å².